The summed E-state index contributed by atoms with van der Waals surface area (Å²) in [6.45, 7) is 4.79. The van der Waals surface area contributed by atoms with Gasteiger partial charge in [0, 0.05) is 0 Å². The fourth-order valence-corrected chi connectivity index (χ4v) is 6.96. The maximum absolute atomic E-state index is 14.0. The minimum atomic E-state index is -0.465. The molecular weight excluding hydrogens is 542 g/mol. The first-order valence-corrected chi connectivity index (χ1v) is 14.8. The van der Waals surface area contributed by atoms with Crippen molar-refractivity contribution in [1.82, 2.24) is 17.6 Å². The van der Waals surface area contributed by atoms with Crippen LogP contribution in [0, 0.1) is 5.95 Å². The molecule has 0 bridgehead atoms. The van der Waals surface area contributed by atoms with Gasteiger partial charge in [0.25, 0.3) is 0 Å². The molecule has 5 nitrogen and oxygen atoms in total. The summed E-state index contributed by atoms with van der Waals surface area (Å²) in [7, 11) is 0. The van der Waals surface area contributed by atoms with Gasteiger partial charge in [-0.05, 0) is 12.8 Å². The summed E-state index contributed by atoms with van der Waals surface area (Å²) in [5.41, 5.74) is 7.51. The van der Waals surface area contributed by atoms with Crippen LogP contribution < -0.4 is 21.5 Å². The van der Waals surface area contributed by atoms with Crippen molar-refractivity contribution in [1.29, 1.82) is 0 Å². The van der Waals surface area contributed by atoms with Gasteiger partial charge in [-0.3, -0.25) is 0 Å². The number of aromatic nitrogens is 3. The van der Waals surface area contributed by atoms with Crippen molar-refractivity contribution < 1.29 is 31.0 Å². The van der Waals surface area contributed by atoms with Crippen molar-refractivity contribution in [2.45, 2.75) is 38.8 Å². The van der Waals surface area contributed by atoms with Crippen LogP contribution in [0.15, 0.2) is 54.9 Å². The van der Waals surface area contributed by atoms with Crippen molar-refractivity contribution in [3.05, 3.63) is 72.1 Å². The van der Waals surface area contributed by atoms with Gasteiger partial charge in [0.1, 0.15) is 0 Å². The molecule has 1 saturated heterocycles. The Morgan fingerprint density at radius 1 is 1.09 bits per heavy atom. The van der Waals surface area contributed by atoms with Crippen LogP contribution in [0.1, 0.15) is 31.0 Å². The molecule has 7 heteroatoms. The third-order valence-electron chi connectivity index (χ3n) is 6.54. The van der Waals surface area contributed by atoms with Gasteiger partial charge in [-0.1, -0.05) is 0 Å². The normalized spacial score (nSPS) is 17.0. The first kappa shape index (κ1) is 23.4. The number of halogens is 2. The number of rotatable bonds is 6. The summed E-state index contributed by atoms with van der Waals surface area (Å²) in [6, 6.07) is 14.2. The third kappa shape index (κ3) is 4.61. The monoisotopic (exact) mass is 571 g/mol. The van der Waals surface area contributed by atoms with Crippen LogP contribution >= 0.6 is 0 Å². The van der Waals surface area contributed by atoms with E-state index in [-0.39, 0.29) is 27.6 Å². The Hall–Kier alpha value is -2.36. The van der Waals surface area contributed by atoms with Gasteiger partial charge < -0.3 is 5.11 Å². The number of hydrogen-bond donors (Lipinski definition) is 1. The predicted octanol–water partition coefficient (Wildman–Crippen LogP) is 1.91. The molecule has 178 valence electrons. The molecule has 1 fully saturated rings. The number of benzene rings is 1. The number of nitrogens with zero attached hydrogens (tertiary/aromatic N) is 4. The Labute approximate surface area is 210 Å². The zero-order valence-electron chi connectivity index (χ0n) is 19.5. The summed E-state index contributed by atoms with van der Waals surface area (Å²) >= 11 is -0.260. The van der Waals surface area contributed by atoms with Crippen LogP contribution in [-0.4, -0.2) is 46.9 Å². The summed E-state index contributed by atoms with van der Waals surface area (Å²) in [5.74, 6) is -0.465. The molecule has 3 aromatic heterocycles. The second-order valence-electron chi connectivity index (χ2n) is 8.82. The Morgan fingerprint density at radius 3 is 2.62 bits per heavy atom. The molecule has 1 aliphatic rings. The van der Waals surface area contributed by atoms with E-state index >= 15 is 0 Å². The number of aliphatic hydroxyl groups excluding tert-OH is 1. The van der Waals surface area contributed by atoms with Gasteiger partial charge in [-0.2, -0.15) is 0 Å². The van der Waals surface area contributed by atoms with Crippen LogP contribution in [-0.2, 0) is 13.0 Å². The van der Waals surface area contributed by atoms with Gasteiger partial charge in [0.05, 0.1) is 6.10 Å². The molecule has 0 aliphatic carbocycles. The van der Waals surface area contributed by atoms with Crippen LogP contribution in [0.5, 0.6) is 0 Å². The van der Waals surface area contributed by atoms with Crippen molar-refractivity contribution in [3.63, 3.8) is 0 Å². The predicted molar refractivity (Wildman–Crippen MR) is 130 cm³/mol. The second kappa shape index (κ2) is 10.1. The van der Waals surface area contributed by atoms with E-state index in [9.17, 15) is 9.50 Å². The summed E-state index contributed by atoms with van der Waals surface area (Å²) in [4.78, 5) is 13.2. The first-order chi connectivity index (χ1) is 16.6. The van der Waals surface area contributed by atoms with Crippen molar-refractivity contribution in [3.8, 4) is 22.3 Å². The Balaban J connectivity index is 1.52. The van der Waals surface area contributed by atoms with Crippen LogP contribution in [0.2, 0.25) is 0 Å². The zero-order valence-corrected chi connectivity index (χ0v) is 21.7. The number of alkyl halides is 1. The number of fused-ring (bicyclic) bond motifs is 1. The van der Waals surface area contributed by atoms with Crippen LogP contribution in [0.4, 0.5) is 4.39 Å². The number of aliphatic hydroxyl groups is 1. The van der Waals surface area contributed by atoms with E-state index in [1.807, 2.05) is 12.3 Å². The Morgan fingerprint density at radius 2 is 1.91 bits per heavy atom. The van der Waals surface area contributed by atoms with Crippen LogP contribution in [0.3, 0.4) is 0 Å². The Bertz CT molecular complexity index is 1300. The number of likely N-dealkylation sites (tertiary alicyclic amines) is 1. The average molecular weight is 571 g/mol. The number of piperidine rings is 1. The van der Waals surface area contributed by atoms with E-state index < -0.39 is 5.95 Å². The van der Waals surface area contributed by atoms with Crippen molar-refractivity contribution in [2.75, 3.05) is 18.0 Å². The molecule has 0 amide bonds. The van der Waals surface area contributed by atoms with Crippen LogP contribution in [0.25, 0.3) is 33.3 Å². The van der Waals surface area contributed by atoms with Gasteiger partial charge in [0.15, 0.2) is 0 Å². The van der Waals surface area contributed by atoms with Crippen molar-refractivity contribution in [2.24, 2.45) is 0 Å². The standard InChI is InChI=1S/C27H29FIN4O/c1-3-24-26(20-10-11-30-25(28)14-20)23-13-21(15-31-27(23)33(24)29-2)19-8-6-18(7-9-19)16-32-12-4-5-22(34)17-32/h6-11,13-15,22,34H,3-5,12,16-17H2,1-2H3/q-1. The molecule has 1 aliphatic heterocycles. The zero-order chi connectivity index (χ0) is 23.7. The molecule has 0 radical (unpaired) electrons. The SMILES string of the molecule is CCc1c(-c2ccnc(F)c2)c2cc(-c3ccc(CN4CCCC(O)C4)cc3)cnc2n1[I-]C. The van der Waals surface area contributed by atoms with Gasteiger partial charge in [-0.15, -0.1) is 0 Å². The van der Waals surface area contributed by atoms with E-state index in [1.165, 1.54) is 23.5 Å². The van der Waals surface area contributed by atoms with E-state index in [0.717, 1.165) is 72.2 Å². The third-order valence-corrected chi connectivity index (χ3v) is 8.54. The number of β-amino-alcohol motifs (C(OH)–C–C–N with tert-alkyl or cyclic N) is 1. The molecule has 5 rings (SSSR count). The molecule has 4 aromatic rings. The second-order valence-corrected chi connectivity index (χ2v) is 10.7. The molecule has 1 aromatic carbocycles. The molecule has 1 N–H and O–H groups in total. The average Bonchev–Trinajstić information content (AvgIpc) is 3.17. The van der Waals surface area contributed by atoms with E-state index in [0.29, 0.717) is 0 Å². The first-order valence-electron chi connectivity index (χ1n) is 11.7. The van der Waals surface area contributed by atoms with Gasteiger partial charge in [-0.25, -0.2) is 0 Å². The van der Waals surface area contributed by atoms with E-state index in [1.54, 1.807) is 0 Å². The molecule has 1 atom stereocenters. The van der Waals surface area contributed by atoms with Crippen molar-refractivity contribution >= 4 is 11.0 Å². The molecule has 34 heavy (non-hydrogen) atoms. The quantitative estimate of drug-likeness (QED) is 0.219. The van der Waals surface area contributed by atoms with Gasteiger partial charge >= 0.3 is 187 Å². The maximum atomic E-state index is 14.0. The van der Waals surface area contributed by atoms with E-state index in [4.69, 9.17) is 4.98 Å². The molecule has 0 saturated carbocycles. The molecule has 4 heterocycles. The fraction of sp³-hybridized carbons (Fsp3) is 0.333. The Kier molecular flexibility index (Phi) is 6.94. The number of hydrogen-bond acceptors (Lipinski definition) is 4. The van der Waals surface area contributed by atoms with E-state index in [2.05, 4.69) is 54.9 Å². The molecular formula is C27H29FIN4O-. The minimum absolute atomic E-state index is 0.209. The summed E-state index contributed by atoms with van der Waals surface area (Å²) in [6.07, 6.45) is 6.09. The fourth-order valence-electron chi connectivity index (χ4n) is 4.95. The summed E-state index contributed by atoms with van der Waals surface area (Å²) < 4.78 is 16.3. The number of pyridine rings is 2. The molecule has 0 spiro atoms. The molecule has 1 unspecified atom stereocenters. The van der Waals surface area contributed by atoms with Gasteiger partial charge in [0.2, 0.25) is 0 Å². The summed E-state index contributed by atoms with van der Waals surface area (Å²) in [5, 5.41) is 11.0. The topological polar surface area (TPSA) is 54.2 Å².